The van der Waals surface area contributed by atoms with E-state index in [1.807, 2.05) is 6.07 Å². The SMILES string of the molecule is CN(C)S(=O)(=O)c1cc(C(=O)Nc2ccc(OCC#N)cc2)ccc1Cl. The largest absolute Gasteiger partial charge is 0.479 e. The van der Waals surface area contributed by atoms with Gasteiger partial charge in [0.05, 0.1) is 5.02 Å². The zero-order valence-corrected chi connectivity index (χ0v) is 15.6. The number of nitrogens with zero attached hydrogens (tertiary/aromatic N) is 2. The first-order valence-corrected chi connectivity index (χ1v) is 9.20. The lowest BCUT2D eigenvalue weighted by molar-refractivity contribution is 0.102. The number of benzene rings is 2. The van der Waals surface area contributed by atoms with Gasteiger partial charge in [0.1, 0.15) is 16.7 Å². The predicted octanol–water partition coefficient (Wildman–Crippen LogP) is 2.74. The molecule has 0 saturated heterocycles. The number of ether oxygens (including phenoxy) is 1. The molecule has 2 aromatic rings. The van der Waals surface area contributed by atoms with Gasteiger partial charge in [-0.3, -0.25) is 4.79 Å². The summed E-state index contributed by atoms with van der Waals surface area (Å²) in [6.45, 7) is -0.0698. The Balaban J connectivity index is 2.21. The van der Waals surface area contributed by atoms with E-state index >= 15 is 0 Å². The van der Waals surface area contributed by atoms with Crippen LogP contribution in [0.25, 0.3) is 0 Å². The second kappa shape index (κ2) is 8.19. The molecule has 0 heterocycles. The van der Waals surface area contributed by atoms with Gasteiger partial charge in [-0.2, -0.15) is 5.26 Å². The first-order valence-electron chi connectivity index (χ1n) is 7.39. The van der Waals surface area contributed by atoms with Crippen LogP contribution in [0.4, 0.5) is 5.69 Å². The van der Waals surface area contributed by atoms with E-state index < -0.39 is 15.9 Å². The molecule has 2 rings (SSSR count). The molecule has 0 aliphatic rings. The summed E-state index contributed by atoms with van der Waals surface area (Å²) in [5.41, 5.74) is 0.644. The fourth-order valence-corrected chi connectivity index (χ4v) is 3.39. The van der Waals surface area contributed by atoms with Crippen molar-refractivity contribution in [3.05, 3.63) is 53.1 Å². The maximum atomic E-state index is 12.4. The molecule has 9 heteroatoms. The van der Waals surface area contributed by atoms with E-state index in [0.717, 1.165) is 4.31 Å². The third kappa shape index (κ3) is 4.52. The summed E-state index contributed by atoms with van der Waals surface area (Å²) in [6.07, 6.45) is 0. The van der Waals surface area contributed by atoms with Gasteiger partial charge in [0, 0.05) is 25.3 Å². The van der Waals surface area contributed by atoms with E-state index in [0.29, 0.717) is 11.4 Å². The maximum Gasteiger partial charge on any atom is 0.255 e. The zero-order chi connectivity index (χ0) is 19.3. The molecular weight excluding hydrogens is 378 g/mol. The Labute approximate surface area is 156 Å². The van der Waals surface area contributed by atoms with Crippen LogP contribution in [0, 0.1) is 11.3 Å². The Morgan fingerprint density at radius 3 is 2.46 bits per heavy atom. The average molecular weight is 394 g/mol. The highest BCUT2D eigenvalue weighted by Gasteiger charge is 2.22. The van der Waals surface area contributed by atoms with Crippen molar-refractivity contribution in [2.24, 2.45) is 0 Å². The monoisotopic (exact) mass is 393 g/mol. The van der Waals surface area contributed by atoms with Crippen molar-refractivity contribution < 1.29 is 17.9 Å². The number of nitrogens with one attached hydrogen (secondary N) is 1. The molecule has 0 aromatic heterocycles. The Hall–Kier alpha value is -2.60. The summed E-state index contributed by atoms with van der Waals surface area (Å²) < 4.78 is 30.7. The molecule has 1 amide bonds. The molecule has 0 radical (unpaired) electrons. The third-order valence-corrected chi connectivity index (χ3v) is 5.66. The lowest BCUT2D eigenvalue weighted by Crippen LogP contribution is -2.23. The quantitative estimate of drug-likeness (QED) is 0.813. The number of sulfonamides is 1. The van der Waals surface area contributed by atoms with Crippen LogP contribution >= 0.6 is 11.6 Å². The molecule has 2 aromatic carbocycles. The van der Waals surface area contributed by atoms with Gasteiger partial charge in [0.2, 0.25) is 10.0 Å². The normalized spacial score (nSPS) is 11.0. The lowest BCUT2D eigenvalue weighted by Gasteiger charge is -2.14. The van der Waals surface area contributed by atoms with E-state index in [-0.39, 0.29) is 22.1 Å². The van der Waals surface area contributed by atoms with Crippen molar-refractivity contribution in [1.82, 2.24) is 4.31 Å². The molecule has 0 spiro atoms. The average Bonchev–Trinajstić information content (AvgIpc) is 2.61. The summed E-state index contributed by atoms with van der Waals surface area (Å²) in [7, 11) is -1.01. The molecule has 0 bridgehead atoms. The Kier molecular flexibility index (Phi) is 6.21. The Morgan fingerprint density at radius 2 is 1.88 bits per heavy atom. The minimum atomic E-state index is -3.77. The van der Waals surface area contributed by atoms with E-state index in [1.54, 1.807) is 24.3 Å². The highest BCUT2D eigenvalue weighted by Crippen LogP contribution is 2.25. The van der Waals surface area contributed by atoms with Crippen LogP contribution in [0.2, 0.25) is 5.02 Å². The van der Waals surface area contributed by atoms with Crippen LogP contribution in [0.15, 0.2) is 47.4 Å². The first kappa shape index (κ1) is 19.7. The van der Waals surface area contributed by atoms with Gasteiger partial charge >= 0.3 is 0 Å². The van der Waals surface area contributed by atoms with E-state index in [9.17, 15) is 13.2 Å². The van der Waals surface area contributed by atoms with Crippen LogP contribution in [0.5, 0.6) is 5.75 Å². The number of rotatable bonds is 6. The van der Waals surface area contributed by atoms with Crippen molar-refractivity contribution in [2.75, 3.05) is 26.0 Å². The van der Waals surface area contributed by atoms with E-state index in [4.69, 9.17) is 21.6 Å². The van der Waals surface area contributed by atoms with Crippen molar-refractivity contribution in [3.63, 3.8) is 0 Å². The van der Waals surface area contributed by atoms with Crippen LogP contribution in [0.1, 0.15) is 10.4 Å². The summed E-state index contributed by atoms with van der Waals surface area (Å²) in [5, 5.41) is 11.2. The second-order valence-corrected chi connectivity index (χ2v) is 7.89. The fraction of sp³-hybridized carbons (Fsp3) is 0.176. The zero-order valence-electron chi connectivity index (χ0n) is 14.1. The minimum Gasteiger partial charge on any atom is -0.479 e. The summed E-state index contributed by atoms with van der Waals surface area (Å²) in [4.78, 5) is 12.3. The number of amides is 1. The fourth-order valence-electron chi connectivity index (χ4n) is 1.99. The molecule has 0 saturated carbocycles. The highest BCUT2D eigenvalue weighted by atomic mass is 35.5. The van der Waals surface area contributed by atoms with Crippen molar-refractivity contribution in [1.29, 1.82) is 5.26 Å². The first-order chi connectivity index (χ1) is 12.3. The standard InChI is InChI=1S/C17H16ClN3O4S/c1-21(2)26(23,24)16-11-12(3-8-15(16)18)17(22)20-13-4-6-14(7-5-13)25-10-9-19/h3-8,11H,10H2,1-2H3,(H,20,22). The van der Waals surface area contributed by atoms with E-state index in [1.165, 1.54) is 32.3 Å². The number of nitriles is 1. The van der Waals surface area contributed by atoms with Crippen LogP contribution < -0.4 is 10.1 Å². The van der Waals surface area contributed by atoms with Crippen molar-refractivity contribution in [3.8, 4) is 11.8 Å². The molecule has 1 N–H and O–H groups in total. The molecule has 136 valence electrons. The summed E-state index contributed by atoms with van der Waals surface area (Å²) >= 11 is 5.97. The van der Waals surface area contributed by atoms with Gasteiger partial charge < -0.3 is 10.1 Å². The van der Waals surface area contributed by atoms with Crippen LogP contribution in [-0.2, 0) is 10.0 Å². The van der Waals surface area contributed by atoms with Gasteiger partial charge in [-0.15, -0.1) is 0 Å². The molecule has 0 fully saturated rings. The number of halogens is 1. The highest BCUT2D eigenvalue weighted by molar-refractivity contribution is 7.89. The smallest absolute Gasteiger partial charge is 0.255 e. The summed E-state index contributed by atoms with van der Waals surface area (Å²) in [5.74, 6) is 0.0120. The Bertz CT molecular complexity index is 951. The van der Waals surface area contributed by atoms with Crippen molar-refractivity contribution in [2.45, 2.75) is 4.90 Å². The number of hydrogen-bond acceptors (Lipinski definition) is 5. The number of carbonyl (C=O) groups excluding carboxylic acids is 1. The molecule has 26 heavy (non-hydrogen) atoms. The molecule has 7 nitrogen and oxygen atoms in total. The summed E-state index contributed by atoms with van der Waals surface area (Å²) in [6, 6.07) is 12.3. The number of carbonyl (C=O) groups is 1. The maximum absolute atomic E-state index is 12.4. The topological polar surface area (TPSA) is 99.5 Å². The van der Waals surface area contributed by atoms with Gasteiger partial charge in [-0.05, 0) is 42.5 Å². The van der Waals surface area contributed by atoms with Gasteiger partial charge in [-0.1, -0.05) is 11.6 Å². The predicted molar refractivity (Wildman–Crippen MR) is 97.8 cm³/mol. The Morgan fingerprint density at radius 1 is 1.23 bits per heavy atom. The van der Waals surface area contributed by atoms with Gasteiger partial charge in [0.25, 0.3) is 5.91 Å². The minimum absolute atomic E-state index is 0.0363. The molecule has 0 unspecified atom stereocenters. The molecule has 0 atom stereocenters. The molecule has 0 aliphatic heterocycles. The lowest BCUT2D eigenvalue weighted by atomic mass is 10.2. The third-order valence-electron chi connectivity index (χ3n) is 3.37. The van der Waals surface area contributed by atoms with E-state index in [2.05, 4.69) is 5.32 Å². The molecule has 0 aliphatic carbocycles. The van der Waals surface area contributed by atoms with Crippen LogP contribution in [-0.4, -0.2) is 39.3 Å². The van der Waals surface area contributed by atoms with Crippen molar-refractivity contribution >= 4 is 33.2 Å². The van der Waals surface area contributed by atoms with Gasteiger partial charge in [0.15, 0.2) is 6.61 Å². The molecular formula is C17H16ClN3O4S. The number of anilines is 1. The second-order valence-electron chi connectivity index (χ2n) is 5.36. The van der Waals surface area contributed by atoms with Crippen LogP contribution in [0.3, 0.4) is 0 Å². The number of hydrogen-bond donors (Lipinski definition) is 1. The van der Waals surface area contributed by atoms with Gasteiger partial charge in [-0.25, -0.2) is 12.7 Å².